The maximum absolute atomic E-state index is 12.0. The first-order valence-corrected chi connectivity index (χ1v) is 7.48. The van der Waals surface area contributed by atoms with Crippen molar-refractivity contribution in [2.24, 2.45) is 7.05 Å². The van der Waals surface area contributed by atoms with Gasteiger partial charge in [0.25, 0.3) is 0 Å². The highest BCUT2D eigenvalue weighted by Crippen LogP contribution is 2.16. The average molecular weight is 310 g/mol. The molecular weight excluding hydrogens is 292 g/mol. The molecule has 0 unspecified atom stereocenters. The van der Waals surface area contributed by atoms with Crippen molar-refractivity contribution in [3.63, 3.8) is 0 Å². The summed E-state index contributed by atoms with van der Waals surface area (Å²) in [6.07, 6.45) is 0.984. The number of aromatic nitrogens is 1. The molecule has 0 aliphatic carbocycles. The Kier molecular flexibility index (Phi) is 4.02. The normalized spacial score (nSPS) is 10.9. The molecule has 0 aliphatic heterocycles. The summed E-state index contributed by atoms with van der Waals surface area (Å²) in [6.45, 7) is 1.99. The summed E-state index contributed by atoms with van der Waals surface area (Å²) in [5.74, 6) is -0.411. The van der Waals surface area contributed by atoms with Gasteiger partial charge >= 0.3 is 5.76 Å². The number of rotatable bonds is 4. The molecule has 0 saturated carbocycles. The topological polar surface area (TPSA) is 64.2 Å². The number of hydrogen-bond donors (Lipinski definition) is 1. The number of benzene rings is 2. The summed E-state index contributed by atoms with van der Waals surface area (Å²) in [4.78, 5) is 23.5. The van der Waals surface area contributed by atoms with Gasteiger partial charge in [-0.3, -0.25) is 9.36 Å². The molecule has 5 heteroatoms. The number of aryl methyl sites for hydroxylation is 3. The lowest BCUT2D eigenvalue weighted by molar-refractivity contribution is -0.116. The first kappa shape index (κ1) is 15.1. The van der Waals surface area contributed by atoms with Gasteiger partial charge in [0.15, 0.2) is 5.58 Å². The van der Waals surface area contributed by atoms with Crippen molar-refractivity contribution in [2.75, 3.05) is 5.32 Å². The van der Waals surface area contributed by atoms with Crippen LogP contribution in [-0.4, -0.2) is 10.5 Å². The Bertz CT molecular complexity index is 921. The number of anilines is 1. The zero-order valence-corrected chi connectivity index (χ0v) is 13.1. The van der Waals surface area contributed by atoms with E-state index in [9.17, 15) is 9.59 Å². The molecule has 0 atom stereocenters. The Morgan fingerprint density at radius 3 is 2.83 bits per heavy atom. The van der Waals surface area contributed by atoms with Crippen molar-refractivity contribution < 1.29 is 9.21 Å². The molecule has 0 bridgehead atoms. The molecule has 3 aromatic rings. The van der Waals surface area contributed by atoms with E-state index in [1.165, 1.54) is 4.57 Å². The second-order valence-electron chi connectivity index (χ2n) is 5.65. The quantitative estimate of drug-likeness (QED) is 0.805. The van der Waals surface area contributed by atoms with Crippen LogP contribution in [0.1, 0.15) is 17.5 Å². The second-order valence-corrected chi connectivity index (χ2v) is 5.65. The lowest BCUT2D eigenvalue weighted by Crippen LogP contribution is -2.12. The zero-order valence-electron chi connectivity index (χ0n) is 13.1. The Morgan fingerprint density at radius 2 is 2.04 bits per heavy atom. The molecule has 1 N–H and O–H groups in total. The fourth-order valence-electron chi connectivity index (χ4n) is 2.53. The molecule has 0 radical (unpaired) electrons. The zero-order chi connectivity index (χ0) is 16.4. The standard InChI is InChI=1S/C18H18N2O3/c1-12-4-3-5-14(10-12)19-17(21)9-7-13-6-8-16-15(11-13)20(2)18(22)23-16/h3-6,8,10-11H,7,9H2,1-2H3,(H,19,21). The number of fused-ring (bicyclic) bond motifs is 1. The van der Waals surface area contributed by atoms with Gasteiger partial charge < -0.3 is 9.73 Å². The third-order valence-corrected chi connectivity index (χ3v) is 3.80. The number of carbonyl (C=O) groups excluding carboxylic acids is 1. The lowest BCUT2D eigenvalue weighted by Gasteiger charge is -2.06. The van der Waals surface area contributed by atoms with Crippen LogP contribution >= 0.6 is 0 Å². The lowest BCUT2D eigenvalue weighted by atomic mass is 10.1. The van der Waals surface area contributed by atoms with Crippen LogP contribution in [0.25, 0.3) is 11.1 Å². The van der Waals surface area contributed by atoms with E-state index < -0.39 is 0 Å². The first-order chi connectivity index (χ1) is 11.0. The Balaban J connectivity index is 1.67. The van der Waals surface area contributed by atoms with Gasteiger partial charge in [0.1, 0.15) is 0 Å². The summed E-state index contributed by atoms with van der Waals surface area (Å²) in [5, 5.41) is 2.89. The molecule has 118 valence electrons. The van der Waals surface area contributed by atoms with Crippen LogP contribution in [0.3, 0.4) is 0 Å². The maximum atomic E-state index is 12.0. The highest BCUT2D eigenvalue weighted by molar-refractivity contribution is 5.91. The molecular formula is C18H18N2O3. The van der Waals surface area contributed by atoms with Crippen molar-refractivity contribution in [2.45, 2.75) is 19.8 Å². The van der Waals surface area contributed by atoms with Crippen molar-refractivity contribution in [1.29, 1.82) is 0 Å². The van der Waals surface area contributed by atoms with Gasteiger partial charge in [-0.2, -0.15) is 0 Å². The predicted octanol–water partition coefficient (Wildman–Crippen LogP) is 3.01. The van der Waals surface area contributed by atoms with Crippen LogP contribution in [-0.2, 0) is 18.3 Å². The number of hydrogen-bond acceptors (Lipinski definition) is 3. The fourth-order valence-corrected chi connectivity index (χ4v) is 2.53. The van der Waals surface area contributed by atoms with E-state index in [1.807, 2.05) is 43.3 Å². The molecule has 5 nitrogen and oxygen atoms in total. The van der Waals surface area contributed by atoms with Crippen LogP contribution in [0.2, 0.25) is 0 Å². The molecule has 0 aliphatic rings. The minimum atomic E-state index is -0.380. The van der Waals surface area contributed by atoms with E-state index >= 15 is 0 Å². The molecule has 0 spiro atoms. The van der Waals surface area contributed by atoms with E-state index in [4.69, 9.17) is 4.42 Å². The van der Waals surface area contributed by atoms with E-state index in [0.29, 0.717) is 18.4 Å². The number of nitrogens with zero attached hydrogens (tertiary/aromatic N) is 1. The van der Waals surface area contributed by atoms with Crippen LogP contribution in [0.4, 0.5) is 5.69 Å². The minimum absolute atomic E-state index is 0.0308. The van der Waals surface area contributed by atoms with Crippen LogP contribution in [0.15, 0.2) is 51.7 Å². The summed E-state index contributed by atoms with van der Waals surface area (Å²) in [5.41, 5.74) is 4.21. The summed E-state index contributed by atoms with van der Waals surface area (Å²) in [6, 6.07) is 13.2. The first-order valence-electron chi connectivity index (χ1n) is 7.48. The van der Waals surface area contributed by atoms with Gasteiger partial charge in [0.2, 0.25) is 5.91 Å². The third-order valence-electron chi connectivity index (χ3n) is 3.80. The predicted molar refractivity (Wildman–Crippen MR) is 89.6 cm³/mol. The second kappa shape index (κ2) is 6.12. The van der Waals surface area contributed by atoms with E-state index in [0.717, 1.165) is 22.3 Å². The average Bonchev–Trinajstić information content (AvgIpc) is 2.80. The third kappa shape index (κ3) is 3.34. The Hall–Kier alpha value is -2.82. The smallest absolute Gasteiger partial charge is 0.408 e. The van der Waals surface area contributed by atoms with Gasteiger partial charge in [-0.15, -0.1) is 0 Å². The highest BCUT2D eigenvalue weighted by Gasteiger charge is 2.08. The van der Waals surface area contributed by atoms with Gasteiger partial charge in [-0.1, -0.05) is 18.2 Å². The van der Waals surface area contributed by atoms with Crippen molar-refractivity contribution in [1.82, 2.24) is 4.57 Å². The molecule has 1 amide bonds. The monoisotopic (exact) mass is 310 g/mol. The van der Waals surface area contributed by atoms with Crippen LogP contribution < -0.4 is 11.1 Å². The number of amides is 1. The number of carbonyl (C=O) groups is 1. The number of oxazole rings is 1. The SMILES string of the molecule is Cc1cccc(NC(=O)CCc2ccc3oc(=O)n(C)c3c2)c1. The van der Waals surface area contributed by atoms with Crippen LogP contribution in [0.5, 0.6) is 0 Å². The fraction of sp³-hybridized carbons (Fsp3) is 0.222. The van der Waals surface area contributed by atoms with E-state index in [2.05, 4.69) is 5.32 Å². The largest absolute Gasteiger partial charge is 0.419 e. The molecule has 23 heavy (non-hydrogen) atoms. The molecule has 0 saturated heterocycles. The molecule has 3 rings (SSSR count). The maximum Gasteiger partial charge on any atom is 0.419 e. The summed E-state index contributed by atoms with van der Waals surface area (Å²) >= 11 is 0. The van der Waals surface area contributed by atoms with Crippen molar-refractivity contribution in [3.8, 4) is 0 Å². The highest BCUT2D eigenvalue weighted by atomic mass is 16.4. The van der Waals surface area contributed by atoms with Crippen LogP contribution in [0, 0.1) is 6.92 Å². The summed E-state index contributed by atoms with van der Waals surface area (Å²) < 4.78 is 6.56. The van der Waals surface area contributed by atoms with Crippen molar-refractivity contribution in [3.05, 3.63) is 64.1 Å². The van der Waals surface area contributed by atoms with Gasteiger partial charge in [-0.25, -0.2) is 4.79 Å². The molecule has 1 aromatic heterocycles. The van der Waals surface area contributed by atoms with Gasteiger partial charge in [-0.05, 0) is 48.7 Å². The molecule has 2 aromatic carbocycles. The minimum Gasteiger partial charge on any atom is -0.408 e. The van der Waals surface area contributed by atoms with Gasteiger partial charge in [0, 0.05) is 19.2 Å². The Morgan fingerprint density at radius 1 is 1.22 bits per heavy atom. The van der Waals surface area contributed by atoms with E-state index in [-0.39, 0.29) is 11.7 Å². The van der Waals surface area contributed by atoms with Gasteiger partial charge in [0.05, 0.1) is 5.52 Å². The Labute approximate surface area is 133 Å². The number of nitrogens with one attached hydrogen (secondary N) is 1. The molecule has 1 heterocycles. The summed E-state index contributed by atoms with van der Waals surface area (Å²) in [7, 11) is 1.67. The van der Waals surface area contributed by atoms with Crippen molar-refractivity contribution >= 4 is 22.7 Å². The molecule has 0 fully saturated rings. The van der Waals surface area contributed by atoms with E-state index in [1.54, 1.807) is 13.1 Å².